The molecule has 0 saturated heterocycles. The minimum atomic E-state index is -4.80. The van der Waals surface area contributed by atoms with E-state index in [9.17, 15) is 34.8 Å². The highest BCUT2D eigenvalue weighted by molar-refractivity contribution is 7.95. The molecule has 3 rings (SSSR count). The van der Waals surface area contributed by atoms with E-state index in [4.69, 9.17) is 0 Å². The second-order valence-electron chi connectivity index (χ2n) is 6.82. The Morgan fingerprint density at radius 2 is 1.78 bits per heavy atom. The number of allylic oxidation sites excluding steroid dienone is 4. The monoisotopic (exact) mass is 474 g/mol. The fourth-order valence-electron chi connectivity index (χ4n) is 3.06. The summed E-state index contributed by atoms with van der Waals surface area (Å²) in [5.74, 6) is -0.533. The molecule has 0 N–H and O–H groups in total. The summed E-state index contributed by atoms with van der Waals surface area (Å²) in [5, 5.41) is 0. The van der Waals surface area contributed by atoms with Crippen LogP contribution in [-0.2, 0) is 23.1 Å². The highest BCUT2D eigenvalue weighted by atomic mass is 32.2. The average molecular weight is 474 g/mol. The number of sulfone groups is 1. The van der Waals surface area contributed by atoms with Gasteiger partial charge in [-0.1, -0.05) is 19.1 Å². The van der Waals surface area contributed by atoms with E-state index < -0.39 is 44.0 Å². The molecule has 1 aliphatic carbocycles. The second kappa shape index (κ2) is 8.14. The van der Waals surface area contributed by atoms with Gasteiger partial charge in [0.2, 0.25) is 0 Å². The lowest BCUT2D eigenvalue weighted by molar-refractivity contribution is -0.137. The topological polar surface area (TPSA) is 52.0 Å². The van der Waals surface area contributed by atoms with Crippen LogP contribution < -0.4 is 0 Å². The van der Waals surface area contributed by atoms with Gasteiger partial charge in [-0.25, -0.2) is 13.4 Å². The summed E-state index contributed by atoms with van der Waals surface area (Å²) in [6.07, 6.45) is -6.01. The van der Waals surface area contributed by atoms with Gasteiger partial charge in [0.05, 0.1) is 39.3 Å². The number of aromatic nitrogens is 2. The maximum Gasteiger partial charge on any atom is 0.416 e. The summed E-state index contributed by atoms with van der Waals surface area (Å²) >= 11 is 0. The number of alkyl halides is 6. The van der Waals surface area contributed by atoms with E-state index in [1.165, 1.54) is 36.9 Å². The normalized spacial score (nSPS) is 15.2. The van der Waals surface area contributed by atoms with Gasteiger partial charge in [-0.05, 0) is 30.4 Å². The van der Waals surface area contributed by atoms with Crippen LogP contribution in [0.1, 0.15) is 18.3 Å². The molecule has 0 saturated carbocycles. The SMILES string of the molecule is CCS(=O)(=O)C1=CC(C(F)(F)F)=CC=C=C1c1ncc(-c2cccc(C(F)(F)F)c2)n1C. The standard InChI is InChI=1S/C21H16F6N2O2S/c1-3-32(30,31)18-11-15(21(25,26)27)8-5-9-16(18)19-28-12-17(29(19)2)13-6-4-7-14(10-13)20(22,23)24/h4-8,10-12H,3H2,1-2H3. The lowest BCUT2D eigenvalue weighted by Gasteiger charge is -2.13. The van der Waals surface area contributed by atoms with Crippen molar-refractivity contribution < 1.29 is 34.8 Å². The molecule has 1 aromatic carbocycles. The minimum Gasteiger partial charge on any atom is -0.327 e. The maximum atomic E-state index is 13.3. The van der Waals surface area contributed by atoms with Gasteiger partial charge >= 0.3 is 12.4 Å². The van der Waals surface area contributed by atoms with Crippen molar-refractivity contribution in [3.05, 3.63) is 76.3 Å². The van der Waals surface area contributed by atoms with Gasteiger partial charge in [0.1, 0.15) is 5.82 Å². The molecule has 1 heterocycles. The number of halogens is 6. The quantitative estimate of drug-likeness (QED) is 0.437. The lowest BCUT2D eigenvalue weighted by atomic mass is 10.1. The molecule has 0 unspecified atom stereocenters. The molecule has 0 amide bonds. The van der Waals surface area contributed by atoms with Crippen molar-refractivity contribution in [3.63, 3.8) is 0 Å². The zero-order valence-electron chi connectivity index (χ0n) is 16.7. The van der Waals surface area contributed by atoms with Crippen molar-refractivity contribution in [1.29, 1.82) is 0 Å². The Kier molecular flexibility index (Phi) is 6.01. The number of hydrogen-bond donors (Lipinski definition) is 0. The molecule has 2 aromatic rings. The summed E-state index contributed by atoms with van der Waals surface area (Å²) in [6, 6.07) is 4.43. The third-order valence-corrected chi connectivity index (χ3v) is 6.52. The summed E-state index contributed by atoms with van der Waals surface area (Å²) in [6.45, 7) is 1.28. The van der Waals surface area contributed by atoms with Crippen LogP contribution in [0.4, 0.5) is 26.3 Å². The molecule has 170 valence electrons. The molecule has 0 fully saturated rings. The van der Waals surface area contributed by atoms with Crippen molar-refractivity contribution in [2.24, 2.45) is 7.05 Å². The summed E-state index contributed by atoms with van der Waals surface area (Å²) in [4.78, 5) is 3.46. The van der Waals surface area contributed by atoms with Crippen LogP contribution in [0.3, 0.4) is 0 Å². The van der Waals surface area contributed by atoms with Crippen LogP contribution in [0, 0.1) is 0 Å². The molecule has 4 nitrogen and oxygen atoms in total. The van der Waals surface area contributed by atoms with E-state index in [0.717, 1.165) is 18.2 Å². The van der Waals surface area contributed by atoms with Crippen LogP contribution in [0.25, 0.3) is 16.8 Å². The Balaban J connectivity index is 2.17. The molecular weight excluding hydrogens is 458 g/mol. The number of benzene rings is 1. The number of rotatable bonds is 4. The largest absolute Gasteiger partial charge is 0.416 e. The van der Waals surface area contributed by atoms with Crippen LogP contribution in [0.5, 0.6) is 0 Å². The second-order valence-corrected chi connectivity index (χ2v) is 9.07. The fourth-order valence-corrected chi connectivity index (χ4v) is 4.14. The zero-order valence-corrected chi connectivity index (χ0v) is 17.5. The Hall–Kier alpha value is -3.04. The van der Waals surface area contributed by atoms with Crippen molar-refractivity contribution in [2.45, 2.75) is 19.3 Å². The van der Waals surface area contributed by atoms with E-state index in [1.54, 1.807) is 0 Å². The third kappa shape index (κ3) is 4.58. The summed E-state index contributed by atoms with van der Waals surface area (Å²) in [7, 11) is -2.71. The van der Waals surface area contributed by atoms with E-state index in [2.05, 4.69) is 10.7 Å². The lowest BCUT2D eigenvalue weighted by Crippen LogP contribution is -2.14. The smallest absolute Gasteiger partial charge is 0.327 e. The molecular formula is C21H16F6N2O2S. The Bertz CT molecular complexity index is 1290. The van der Waals surface area contributed by atoms with Crippen LogP contribution in [0.2, 0.25) is 0 Å². The molecule has 11 heteroatoms. The Labute approximate surface area is 179 Å². The van der Waals surface area contributed by atoms with Crippen LogP contribution in [-0.4, -0.2) is 29.9 Å². The van der Waals surface area contributed by atoms with Crippen molar-refractivity contribution >= 4 is 15.4 Å². The number of imidazole rings is 1. The number of hydrogen-bond acceptors (Lipinski definition) is 3. The van der Waals surface area contributed by atoms with Gasteiger partial charge in [-0.2, -0.15) is 26.3 Å². The average Bonchev–Trinajstić information content (AvgIpc) is 2.93. The molecule has 1 aromatic heterocycles. The van der Waals surface area contributed by atoms with Crippen molar-refractivity contribution in [2.75, 3.05) is 5.75 Å². The zero-order chi connectivity index (χ0) is 23.9. The van der Waals surface area contributed by atoms with Crippen molar-refractivity contribution in [3.8, 4) is 11.3 Å². The van der Waals surface area contributed by atoms with E-state index in [-0.39, 0.29) is 22.7 Å². The Morgan fingerprint density at radius 3 is 2.38 bits per heavy atom. The van der Waals surface area contributed by atoms with Gasteiger partial charge < -0.3 is 4.57 Å². The maximum absolute atomic E-state index is 13.3. The third-order valence-electron chi connectivity index (χ3n) is 4.76. The first kappa shape index (κ1) is 23.6. The fraction of sp³-hybridized carbons (Fsp3) is 0.238. The first-order chi connectivity index (χ1) is 14.8. The van der Waals surface area contributed by atoms with Gasteiger partial charge in [-0.15, -0.1) is 5.73 Å². The predicted molar refractivity (Wildman–Crippen MR) is 107 cm³/mol. The molecule has 0 atom stereocenters. The van der Waals surface area contributed by atoms with Crippen molar-refractivity contribution in [1.82, 2.24) is 9.55 Å². The molecule has 0 bridgehead atoms. The van der Waals surface area contributed by atoms with E-state index >= 15 is 0 Å². The highest BCUT2D eigenvalue weighted by Crippen LogP contribution is 2.36. The first-order valence-corrected chi connectivity index (χ1v) is 10.8. The van der Waals surface area contributed by atoms with Gasteiger partial charge in [0, 0.05) is 12.6 Å². The Morgan fingerprint density at radius 1 is 1.09 bits per heavy atom. The number of nitrogens with zero attached hydrogens (tertiary/aromatic N) is 2. The van der Waals surface area contributed by atoms with Crippen LogP contribution >= 0.6 is 0 Å². The summed E-state index contributed by atoms with van der Waals surface area (Å²) < 4.78 is 106. The van der Waals surface area contributed by atoms with Gasteiger partial charge in [0.15, 0.2) is 9.84 Å². The molecule has 0 spiro atoms. The highest BCUT2D eigenvalue weighted by Gasteiger charge is 2.35. The van der Waals surface area contributed by atoms with Crippen LogP contribution in [0.15, 0.2) is 64.9 Å². The minimum absolute atomic E-state index is 0.0613. The first-order valence-electron chi connectivity index (χ1n) is 9.14. The predicted octanol–water partition coefficient (Wildman–Crippen LogP) is 5.47. The van der Waals surface area contributed by atoms with Gasteiger partial charge in [-0.3, -0.25) is 0 Å². The van der Waals surface area contributed by atoms with E-state index in [1.807, 2.05) is 0 Å². The summed E-state index contributed by atoms with van der Waals surface area (Å²) in [5.41, 5.74) is 0.607. The molecule has 0 radical (unpaired) electrons. The molecule has 1 aliphatic rings. The molecule has 32 heavy (non-hydrogen) atoms. The van der Waals surface area contributed by atoms with Gasteiger partial charge in [0.25, 0.3) is 0 Å². The molecule has 0 aliphatic heterocycles. The van der Waals surface area contributed by atoms with E-state index in [0.29, 0.717) is 12.2 Å².